The number of halogens is 1. The van der Waals surface area contributed by atoms with Crippen LogP contribution in [0.2, 0.25) is 0 Å². The first-order valence-electron chi connectivity index (χ1n) is 8.99. The van der Waals surface area contributed by atoms with E-state index in [1.54, 1.807) is 11.8 Å². The fourth-order valence-electron chi connectivity index (χ4n) is 3.12. The van der Waals surface area contributed by atoms with Crippen LogP contribution in [0.3, 0.4) is 0 Å². The van der Waals surface area contributed by atoms with Gasteiger partial charge in [-0.1, -0.05) is 99.9 Å². The summed E-state index contributed by atoms with van der Waals surface area (Å²) >= 11 is 11.2. The summed E-state index contributed by atoms with van der Waals surface area (Å²) in [7, 11) is 0. The van der Waals surface area contributed by atoms with Crippen molar-refractivity contribution in [1.82, 2.24) is 0 Å². The summed E-state index contributed by atoms with van der Waals surface area (Å²) in [6.07, 6.45) is 1.85. The zero-order valence-electron chi connectivity index (χ0n) is 18.3. The molecule has 0 aliphatic heterocycles. The number of ether oxygens (including phenoxy) is 1. The second-order valence-electron chi connectivity index (χ2n) is 10.7. The Bertz CT molecular complexity index is 512. The minimum atomic E-state index is -0.701. The third kappa shape index (κ3) is 12.4. The van der Waals surface area contributed by atoms with Gasteiger partial charge in [-0.05, 0) is 58.3 Å². The summed E-state index contributed by atoms with van der Waals surface area (Å²) in [4.78, 5) is 12.8. The van der Waals surface area contributed by atoms with Crippen LogP contribution < -0.4 is 0 Å². The van der Waals surface area contributed by atoms with Gasteiger partial charge in [0.05, 0.1) is 2.75 Å². The molecule has 1 atom stereocenters. The van der Waals surface area contributed by atoms with E-state index in [0.717, 1.165) is 16.4 Å². The molecular weight excluding hydrogens is 495 g/mol. The molecule has 154 valence electrons. The van der Waals surface area contributed by atoms with Crippen molar-refractivity contribution in [2.45, 2.75) is 102 Å². The third-order valence-corrected chi connectivity index (χ3v) is 6.92. The highest BCUT2D eigenvalue weighted by molar-refractivity contribution is 14.1. The molecule has 0 heterocycles. The van der Waals surface area contributed by atoms with E-state index in [1.165, 1.54) is 11.8 Å². The predicted octanol–water partition coefficient (Wildman–Crippen LogP) is 7.86. The zero-order chi connectivity index (χ0) is 21.2. The molecule has 0 aromatic rings. The van der Waals surface area contributed by atoms with Gasteiger partial charge in [0.15, 0.2) is 0 Å². The first-order valence-corrected chi connectivity index (χ1v) is 12.1. The van der Waals surface area contributed by atoms with Gasteiger partial charge in [-0.3, -0.25) is 4.79 Å². The fraction of sp³-hybridized carbons (Fsp3) is 0.900. The molecule has 0 fully saturated rings. The van der Waals surface area contributed by atoms with Gasteiger partial charge in [0.25, 0.3) is 0 Å². The molecule has 0 aliphatic carbocycles. The van der Waals surface area contributed by atoms with Crippen molar-refractivity contribution in [3.63, 3.8) is 0 Å². The molecule has 0 bridgehead atoms. The van der Waals surface area contributed by atoms with Gasteiger partial charge in [-0.15, -0.1) is 0 Å². The van der Waals surface area contributed by atoms with Gasteiger partial charge >= 0.3 is 5.97 Å². The molecule has 0 aromatic heterocycles. The maximum absolute atomic E-state index is 12.8. The Morgan fingerprint density at radius 3 is 1.65 bits per heavy atom. The Labute approximate surface area is 189 Å². The van der Waals surface area contributed by atoms with Gasteiger partial charge in [0.1, 0.15) is 13.9 Å². The lowest BCUT2D eigenvalue weighted by Crippen LogP contribution is -2.40. The van der Waals surface area contributed by atoms with Crippen LogP contribution in [0.25, 0.3) is 0 Å². The van der Waals surface area contributed by atoms with Crippen LogP contribution >= 0.6 is 58.3 Å². The predicted molar refractivity (Wildman–Crippen MR) is 133 cm³/mol. The normalized spacial score (nSPS) is 16.2. The molecule has 0 spiro atoms. The van der Waals surface area contributed by atoms with E-state index >= 15 is 0 Å². The van der Waals surface area contributed by atoms with Crippen molar-refractivity contribution in [1.29, 1.82) is 0 Å². The number of hydrogen-bond donors (Lipinski definition) is 0. The molecule has 0 saturated carbocycles. The van der Waals surface area contributed by atoms with E-state index in [1.807, 2.05) is 27.7 Å². The molecule has 26 heavy (non-hydrogen) atoms. The summed E-state index contributed by atoms with van der Waals surface area (Å²) in [6.45, 7) is 23.1. The van der Waals surface area contributed by atoms with Crippen molar-refractivity contribution < 1.29 is 9.53 Å². The Morgan fingerprint density at radius 2 is 1.27 bits per heavy atom. The monoisotopic (exact) mass is 532 g/mol. The number of carbonyl (C=O) groups excluding carboxylic acids is 1. The molecule has 0 aromatic carbocycles. The van der Waals surface area contributed by atoms with E-state index in [0.29, 0.717) is 0 Å². The van der Waals surface area contributed by atoms with Gasteiger partial charge in [0, 0.05) is 0 Å². The molecule has 6 heteroatoms. The maximum Gasteiger partial charge on any atom is 0.322 e. The lowest BCUT2D eigenvalue weighted by atomic mass is 9.83. The number of rotatable bonds is 6. The average Bonchev–Trinajstić information content (AvgIpc) is 2.17. The largest absolute Gasteiger partial charge is 0.459 e. The smallest absolute Gasteiger partial charge is 0.322 e. The Morgan fingerprint density at radius 1 is 0.846 bits per heavy atom. The molecule has 0 saturated heterocycles. The number of esters is 1. The number of hydrogen-bond acceptors (Lipinski definition) is 5. The third-order valence-electron chi connectivity index (χ3n) is 3.30. The Balaban J connectivity index is 4.91. The minimum Gasteiger partial charge on any atom is -0.459 e. The van der Waals surface area contributed by atoms with Crippen molar-refractivity contribution >= 4 is 67.8 Å². The average molecular weight is 533 g/mol. The van der Waals surface area contributed by atoms with E-state index in [2.05, 4.69) is 71.1 Å². The lowest BCUT2D eigenvalue weighted by Gasteiger charge is -2.35. The van der Waals surface area contributed by atoms with Crippen LogP contribution in [0.5, 0.6) is 0 Å². The van der Waals surface area contributed by atoms with E-state index < -0.39 is 10.3 Å². The van der Waals surface area contributed by atoms with Crippen LogP contribution in [0.1, 0.15) is 89.0 Å². The van der Waals surface area contributed by atoms with Crippen molar-refractivity contribution in [2.24, 2.45) is 10.8 Å². The highest BCUT2D eigenvalue weighted by Gasteiger charge is 2.39. The van der Waals surface area contributed by atoms with E-state index in [-0.39, 0.29) is 19.6 Å². The fourth-order valence-corrected chi connectivity index (χ4v) is 9.73. The summed E-state index contributed by atoms with van der Waals surface area (Å²) in [5.41, 5.74) is -0.164. The highest BCUT2D eigenvalue weighted by atomic mass is 127. The van der Waals surface area contributed by atoms with Gasteiger partial charge in [-0.2, -0.15) is 0 Å². The van der Waals surface area contributed by atoms with Crippen LogP contribution in [-0.4, -0.2) is 22.6 Å². The quantitative estimate of drug-likeness (QED) is 0.150. The van der Waals surface area contributed by atoms with Gasteiger partial charge < -0.3 is 4.74 Å². The standard InChI is InChI=1S/C20H37IO2S3/c1-16(2,3)12-18(7,8)23-14(22)19(9,10)25-15(24)26-20(11,21)13-17(4,5)6/h12-13H2,1-11H3. The zero-order valence-corrected chi connectivity index (χ0v) is 22.9. The first kappa shape index (κ1) is 27.0. The van der Waals surface area contributed by atoms with Gasteiger partial charge in [-0.25, -0.2) is 0 Å². The lowest BCUT2D eigenvalue weighted by molar-refractivity contribution is -0.160. The minimum absolute atomic E-state index is 0.00554. The topological polar surface area (TPSA) is 26.3 Å². The van der Waals surface area contributed by atoms with Crippen molar-refractivity contribution in [3.05, 3.63) is 0 Å². The molecule has 0 aliphatic rings. The van der Waals surface area contributed by atoms with E-state index in [9.17, 15) is 4.79 Å². The first-order chi connectivity index (χ1) is 11.1. The van der Waals surface area contributed by atoms with Crippen LogP contribution in [0.15, 0.2) is 0 Å². The summed E-state index contributed by atoms with van der Waals surface area (Å²) in [5.74, 6) is -0.203. The molecule has 0 radical (unpaired) electrons. The molecule has 1 unspecified atom stereocenters. The molecule has 2 nitrogen and oxygen atoms in total. The Hall–Kier alpha value is 0.990. The van der Waals surface area contributed by atoms with Crippen molar-refractivity contribution in [2.75, 3.05) is 0 Å². The van der Waals surface area contributed by atoms with Crippen molar-refractivity contribution in [3.8, 4) is 0 Å². The number of alkyl halides is 1. The van der Waals surface area contributed by atoms with Crippen LogP contribution in [-0.2, 0) is 9.53 Å². The number of thioether (sulfide) groups is 2. The maximum atomic E-state index is 12.8. The summed E-state index contributed by atoms with van der Waals surface area (Å²) in [5, 5.41) is 0. The molecular formula is C20H37IO2S3. The molecule has 0 amide bonds. The SMILES string of the molecule is CC(C)(C)CC(C)(C)OC(=O)C(C)(C)SC(=S)SC(C)(I)CC(C)(C)C. The van der Waals surface area contributed by atoms with E-state index in [4.69, 9.17) is 17.0 Å². The summed E-state index contributed by atoms with van der Waals surface area (Å²) in [6, 6.07) is 0. The van der Waals surface area contributed by atoms with Crippen LogP contribution in [0, 0.1) is 10.8 Å². The van der Waals surface area contributed by atoms with Gasteiger partial charge in [0.2, 0.25) is 0 Å². The molecule has 0 rings (SSSR count). The second kappa shape index (κ2) is 9.21. The molecule has 0 N–H and O–H groups in total. The Kier molecular flexibility index (Phi) is 9.56. The highest BCUT2D eigenvalue weighted by Crippen LogP contribution is 2.46. The summed E-state index contributed by atoms with van der Waals surface area (Å²) < 4.78 is 5.96. The number of thiocarbonyl (C=S) groups is 1. The number of carbonyl (C=O) groups is 1. The van der Waals surface area contributed by atoms with Crippen LogP contribution in [0.4, 0.5) is 0 Å². The second-order valence-corrected chi connectivity index (χ2v) is 18.1.